The van der Waals surface area contributed by atoms with Gasteiger partial charge in [0.2, 0.25) is 0 Å². The van der Waals surface area contributed by atoms with E-state index >= 15 is 0 Å². The summed E-state index contributed by atoms with van der Waals surface area (Å²) in [5.41, 5.74) is 0. The number of rotatable bonds is 4. The molecule has 6 heteroatoms. The molecule has 0 aliphatic rings. The predicted octanol–water partition coefficient (Wildman–Crippen LogP) is 3.22. The van der Waals surface area contributed by atoms with Gasteiger partial charge in [-0.05, 0) is 47.5 Å². The Hall–Kier alpha value is -1.52. The van der Waals surface area contributed by atoms with Crippen molar-refractivity contribution in [2.45, 2.75) is 6.42 Å². The minimum atomic E-state index is -0.660. The molecule has 0 aromatic carbocycles. The molecule has 2 heterocycles. The second-order valence-electron chi connectivity index (χ2n) is 3.26. The van der Waals surface area contributed by atoms with Crippen molar-refractivity contribution >= 4 is 33.7 Å². The van der Waals surface area contributed by atoms with E-state index in [0.29, 0.717) is 17.9 Å². The Balaban J connectivity index is 2.13. The molecule has 0 aliphatic carbocycles. The average Bonchev–Trinajstić information content (AvgIpc) is 2.87. The van der Waals surface area contributed by atoms with E-state index in [1.165, 1.54) is 12.1 Å². The first-order chi connectivity index (χ1) is 8.06. The van der Waals surface area contributed by atoms with Crippen molar-refractivity contribution in [3.05, 3.63) is 47.3 Å². The molecule has 0 saturated heterocycles. The van der Waals surface area contributed by atoms with Crippen LogP contribution in [0.4, 0.5) is 0 Å². The molecule has 0 saturated carbocycles. The lowest BCUT2D eigenvalue weighted by Crippen LogP contribution is -1.85. The summed E-state index contributed by atoms with van der Waals surface area (Å²) >= 11 is 10.5. The lowest BCUT2D eigenvalue weighted by molar-refractivity contribution is 0.105. The number of hydrogen-bond donors (Lipinski definition) is 0. The van der Waals surface area contributed by atoms with Gasteiger partial charge in [0.25, 0.3) is 10.5 Å². The number of carbonyl (C=O) groups is 2. The zero-order chi connectivity index (χ0) is 12.4. The van der Waals surface area contributed by atoms with Crippen LogP contribution in [0, 0.1) is 0 Å². The van der Waals surface area contributed by atoms with Crippen LogP contribution < -0.4 is 0 Å². The van der Waals surface area contributed by atoms with E-state index in [2.05, 4.69) is 0 Å². The van der Waals surface area contributed by atoms with Crippen molar-refractivity contribution in [2.75, 3.05) is 0 Å². The highest BCUT2D eigenvalue weighted by Gasteiger charge is 2.12. The minimum absolute atomic E-state index is 0.0712. The highest BCUT2D eigenvalue weighted by molar-refractivity contribution is 6.67. The SMILES string of the molecule is O=C(Cl)c1ccc(Cc2ccc(C(=O)Cl)o2)o1. The molecule has 0 spiro atoms. The quantitative estimate of drug-likeness (QED) is 0.802. The maximum atomic E-state index is 10.8. The molecule has 0 N–H and O–H groups in total. The van der Waals surface area contributed by atoms with Crippen molar-refractivity contribution in [1.29, 1.82) is 0 Å². The van der Waals surface area contributed by atoms with E-state index in [1.54, 1.807) is 12.1 Å². The van der Waals surface area contributed by atoms with Gasteiger partial charge in [-0.1, -0.05) is 0 Å². The van der Waals surface area contributed by atoms with Gasteiger partial charge in [0.05, 0.1) is 6.42 Å². The summed E-state index contributed by atoms with van der Waals surface area (Å²) in [5, 5.41) is -1.32. The summed E-state index contributed by atoms with van der Waals surface area (Å²) in [6, 6.07) is 6.17. The minimum Gasteiger partial charge on any atom is -0.456 e. The highest BCUT2D eigenvalue weighted by atomic mass is 35.5. The fourth-order valence-corrected chi connectivity index (χ4v) is 1.53. The maximum Gasteiger partial charge on any atom is 0.287 e. The van der Waals surface area contributed by atoms with Crippen molar-refractivity contribution in [1.82, 2.24) is 0 Å². The first-order valence-corrected chi connectivity index (χ1v) is 5.39. The molecule has 0 atom stereocenters. The van der Waals surface area contributed by atoms with Crippen LogP contribution >= 0.6 is 23.2 Å². The van der Waals surface area contributed by atoms with Crippen LogP contribution in [0.2, 0.25) is 0 Å². The van der Waals surface area contributed by atoms with Crippen LogP contribution in [0.3, 0.4) is 0 Å². The molecule has 88 valence electrons. The molecule has 2 aromatic heterocycles. The van der Waals surface area contributed by atoms with Gasteiger partial charge in [0.15, 0.2) is 11.5 Å². The predicted molar refractivity (Wildman–Crippen MR) is 60.6 cm³/mol. The van der Waals surface area contributed by atoms with Crippen LogP contribution in [0.15, 0.2) is 33.1 Å². The molecular formula is C11H6Cl2O4. The molecule has 0 amide bonds. The molecule has 2 aromatic rings. The summed E-state index contributed by atoms with van der Waals surface area (Å²) < 4.78 is 10.3. The first kappa shape index (κ1) is 12.0. The van der Waals surface area contributed by atoms with Gasteiger partial charge in [-0.15, -0.1) is 0 Å². The lowest BCUT2D eigenvalue weighted by Gasteiger charge is -1.92. The van der Waals surface area contributed by atoms with Gasteiger partial charge in [-0.25, -0.2) is 0 Å². The molecule has 17 heavy (non-hydrogen) atoms. The second kappa shape index (κ2) is 4.77. The van der Waals surface area contributed by atoms with Crippen LogP contribution in [0.1, 0.15) is 32.6 Å². The Morgan fingerprint density at radius 2 is 1.29 bits per heavy atom. The van der Waals surface area contributed by atoms with Crippen LogP contribution in [0.25, 0.3) is 0 Å². The summed E-state index contributed by atoms with van der Waals surface area (Å²) in [7, 11) is 0. The fourth-order valence-electron chi connectivity index (χ4n) is 1.33. The van der Waals surface area contributed by atoms with Gasteiger partial charge >= 0.3 is 0 Å². The second-order valence-corrected chi connectivity index (χ2v) is 3.94. The van der Waals surface area contributed by atoms with E-state index in [0.717, 1.165) is 0 Å². The Bertz CT molecular complexity index is 517. The fraction of sp³-hybridized carbons (Fsp3) is 0.0909. The van der Waals surface area contributed by atoms with E-state index in [4.69, 9.17) is 32.0 Å². The smallest absolute Gasteiger partial charge is 0.287 e. The lowest BCUT2D eigenvalue weighted by atomic mass is 10.3. The van der Waals surface area contributed by atoms with E-state index in [-0.39, 0.29) is 11.5 Å². The normalized spacial score (nSPS) is 10.5. The molecule has 4 nitrogen and oxygen atoms in total. The van der Waals surface area contributed by atoms with Crippen molar-refractivity contribution in [3.63, 3.8) is 0 Å². The molecule has 0 radical (unpaired) electrons. The number of furan rings is 2. The van der Waals surface area contributed by atoms with Gasteiger partial charge in [-0.3, -0.25) is 9.59 Å². The summed E-state index contributed by atoms with van der Waals surface area (Å²) in [6.45, 7) is 0. The van der Waals surface area contributed by atoms with Crippen LogP contribution in [0.5, 0.6) is 0 Å². The van der Waals surface area contributed by atoms with E-state index < -0.39 is 10.5 Å². The topological polar surface area (TPSA) is 60.4 Å². The van der Waals surface area contributed by atoms with E-state index in [9.17, 15) is 9.59 Å². The van der Waals surface area contributed by atoms with Gasteiger partial charge < -0.3 is 8.83 Å². The highest BCUT2D eigenvalue weighted by Crippen LogP contribution is 2.17. The largest absolute Gasteiger partial charge is 0.456 e. The first-order valence-electron chi connectivity index (χ1n) is 4.63. The monoisotopic (exact) mass is 272 g/mol. The summed E-state index contributed by atoms with van der Waals surface area (Å²) in [6.07, 6.45) is 0.314. The maximum absolute atomic E-state index is 10.8. The Morgan fingerprint density at radius 3 is 1.59 bits per heavy atom. The van der Waals surface area contributed by atoms with Gasteiger partial charge in [0, 0.05) is 0 Å². The molecule has 0 aliphatic heterocycles. The zero-order valence-electron chi connectivity index (χ0n) is 8.41. The molecule has 0 bridgehead atoms. The third-order valence-corrected chi connectivity index (χ3v) is 2.43. The van der Waals surface area contributed by atoms with Crippen LogP contribution in [-0.4, -0.2) is 10.5 Å². The van der Waals surface area contributed by atoms with Crippen molar-refractivity contribution < 1.29 is 18.4 Å². The summed E-state index contributed by atoms with van der Waals surface area (Å²) in [4.78, 5) is 21.6. The number of halogens is 2. The zero-order valence-corrected chi connectivity index (χ0v) is 9.92. The standard InChI is InChI=1S/C11H6Cl2O4/c12-10(14)8-3-1-6(16-8)5-7-2-4-9(17-7)11(13)15/h1-4H,5H2. The number of hydrogen-bond acceptors (Lipinski definition) is 4. The number of carbonyl (C=O) groups excluding carboxylic acids is 2. The van der Waals surface area contributed by atoms with E-state index in [1.807, 2.05) is 0 Å². The molecule has 2 rings (SSSR count). The van der Waals surface area contributed by atoms with Gasteiger partial charge in [0.1, 0.15) is 11.5 Å². The Kier molecular flexibility index (Phi) is 3.36. The Labute approximate surface area is 106 Å². The van der Waals surface area contributed by atoms with Crippen molar-refractivity contribution in [2.24, 2.45) is 0 Å². The molecule has 0 fully saturated rings. The van der Waals surface area contributed by atoms with Crippen LogP contribution in [-0.2, 0) is 6.42 Å². The third kappa shape index (κ3) is 2.78. The van der Waals surface area contributed by atoms with Crippen molar-refractivity contribution in [3.8, 4) is 0 Å². The molecule has 0 unspecified atom stereocenters. The van der Waals surface area contributed by atoms with Gasteiger partial charge in [-0.2, -0.15) is 0 Å². The average molecular weight is 273 g/mol. The molecular weight excluding hydrogens is 267 g/mol. The third-order valence-electron chi connectivity index (χ3n) is 2.06. The Morgan fingerprint density at radius 1 is 0.882 bits per heavy atom. The summed E-state index contributed by atoms with van der Waals surface area (Å²) in [5.74, 6) is 1.16.